The number of methoxy groups -OCH3 is 1. The van der Waals surface area contributed by atoms with Gasteiger partial charge >= 0.3 is 0 Å². The SMILES string of the molecule is COc1ccc(CN(C)S(=O)(=O)N2C[C@@H](C)O[C@@H](C)C2)cc1F. The van der Waals surface area contributed by atoms with Gasteiger partial charge in [0.15, 0.2) is 11.6 Å². The Labute approximate surface area is 137 Å². The highest BCUT2D eigenvalue weighted by Gasteiger charge is 2.33. The Morgan fingerprint density at radius 2 is 1.96 bits per heavy atom. The quantitative estimate of drug-likeness (QED) is 0.813. The van der Waals surface area contributed by atoms with E-state index in [0.717, 1.165) is 0 Å². The standard InChI is InChI=1S/C15H23FN2O4S/c1-11-8-18(9-12(2)22-11)23(19,20)17(3)10-13-5-6-15(21-4)14(16)7-13/h5-7,11-12H,8-10H2,1-4H3/t11-,12+. The van der Waals surface area contributed by atoms with Crippen molar-refractivity contribution in [3.8, 4) is 5.75 Å². The van der Waals surface area contributed by atoms with Crippen molar-refractivity contribution in [1.29, 1.82) is 0 Å². The summed E-state index contributed by atoms with van der Waals surface area (Å²) in [5, 5.41) is 0. The van der Waals surface area contributed by atoms with Gasteiger partial charge in [-0.2, -0.15) is 17.0 Å². The predicted octanol–water partition coefficient (Wildman–Crippen LogP) is 1.62. The molecule has 1 heterocycles. The Bertz CT molecular complexity index is 643. The highest BCUT2D eigenvalue weighted by molar-refractivity contribution is 7.86. The molecule has 1 aromatic rings. The second-order valence-electron chi connectivity index (χ2n) is 5.81. The smallest absolute Gasteiger partial charge is 0.282 e. The molecular weight excluding hydrogens is 323 g/mol. The summed E-state index contributed by atoms with van der Waals surface area (Å²) in [6.07, 6.45) is -0.305. The Hall–Kier alpha value is -1.22. The second kappa shape index (κ2) is 7.12. The van der Waals surface area contributed by atoms with Crippen LogP contribution in [0, 0.1) is 5.82 Å². The molecule has 6 nitrogen and oxygen atoms in total. The van der Waals surface area contributed by atoms with Gasteiger partial charge in [-0.05, 0) is 31.5 Å². The molecule has 1 aromatic carbocycles. The summed E-state index contributed by atoms with van der Waals surface area (Å²) >= 11 is 0. The van der Waals surface area contributed by atoms with Crippen molar-refractivity contribution in [2.75, 3.05) is 27.2 Å². The number of nitrogens with zero attached hydrogens (tertiary/aromatic N) is 2. The predicted molar refractivity (Wildman–Crippen MR) is 84.9 cm³/mol. The van der Waals surface area contributed by atoms with E-state index >= 15 is 0 Å². The van der Waals surface area contributed by atoms with Crippen LogP contribution in [0.5, 0.6) is 5.75 Å². The Kier molecular flexibility index (Phi) is 5.61. The van der Waals surface area contributed by atoms with Crippen LogP contribution in [0.2, 0.25) is 0 Å². The lowest BCUT2D eigenvalue weighted by molar-refractivity contribution is -0.0453. The highest BCUT2D eigenvalue weighted by atomic mass is 32.2. The number of hydrogen-bond donors (Lipinski definition) is 0. The van der Waals surface area contributed by atoms with E-state index in [0.29, 0.717) is 18.7 Å². The van der Waals surface area contributed by atoms with Crippen molar-refractivity contribution in [2.45, 2.75) is 32.6 Å². The van der Waals surface area contributed by atoms with Crippen LogP contribution >= 0.6 is 0 Å². The molecule has 1 saturated heterocycles. The fourth-order valence-corrected chi connectivity index (χ4v) is 4.17. The molecule has 0 aromatic heterocycles. The van der Waals surface area contributed by atoms with Gasteiger partial charge in [0.05, 0.1) is 19.3 Å². The summed E-state index contributed by atoms with van der Waals surface area (Å²) in [6.45, 7) is 4.40. The van der Waals surface area contributed by atoms with E-state index in [1.54, 1.807) is 6.07 Å². The molecule has 0 aliphatic carbocycles. The third-order valence-corrected chi connectivity index (χ3v) is 5.60. The molecule has 0 radical (unpaired) electrons. The maximum Gasteiger partial charge on any atom is 0.282 e. The first-order chi connectivity index (χ1) is 10.7. The molecule has 0 bridgehead atoms. The zero-order valence-corrected chi connectivity index (χ0v) is 14.6. The number of rotatable bonds is 5. The fourth-order valence-electron chi connectivity index (χ4n) is 2.66. The lowest BCUT2D eigenvalue weighted by atomic mass is 10.2. The van der Waals surface area contributed by atoms with Gasteiger partial charge in [0.25, 0.3) is 10.2 Å². The van der Waals surface area contributed by atoms with Crippen LogP contribution in [0.4, 0.5) is 4.39 Å². The topological polar surface area (TPSA) is 59.1 Å². The summed E-state index contributed by atoms with van der Waals surface area (Å²) in [5.74, 6) is -0.375. The van der Waals surface area contributed by atoms with Gasteiger partial charge in [-0.3, -0.25) is 0 Å². The molecule has 2 atom stereocenters. The van der Waals surface area contributed by atoms with Gasteiger partial charge in [0.2, 0.25) is 0 Å². The van der Waals surface area contributed by atoms with E-state index in [1.165, 1.54) is 34.9 Å². The van der Waals surface area contributed by atoms with Crippen molar-refractivity contribution in [2.24, 2.45) is 0 Å². The average molecular weight is 346 g/mol. The van der Waals surface area contributed by atoms with Crippen molar-refractivity contribution in [3.63, 3.8) is 0 Å². The summed E-state index contributed by atoms with van der Waals surface area (Å²) in [6, 6.07) is 4.43. The third-order valence-electron chi connectivity index (χ3n) is 3.73. The van der Waals surface area contributed by atoms with Crippen LogP contribution in [0.1, 0.15) is 19.4 Å². The Balaban J connectivity index is 2.12. The summed E-state index contributed by atoms with van der Waals surface area (Å²) in [7, 11) is -0.749. The fraction of sp³-hybridized carbons (Fsp3) is 0.600. The number of morpholine rings is 1. The van der Waals surface area contributed by atoms with E-state index in [9.17, 15) is 12.8 Å². The molecule has 23 heavy (non-hydrogen) atoms. The van der Waals surface area contributed by atoms with Crippen LogP contribution in [0.15, 0.2) is 18.2 Å². The maximum absolute atomic E-state index is 13.7. The highest BCUT2D eigenvalue weighted by Crippen LogP contribution is 2.21. The van der Waals surface area contributed by atoms with E-state index in [4.69, 9.17) is 9.47 Å². The van der Waals surface area contributed by atoms with E-state index < -0.39 is 16.0 Å². The lowest BCUT2D eigenvalue weighted by Gasteiger charge is -2.36. The van der Waals surface area contributed by atoms with E-state index in [2.05, 4.69) is 0 Å². The molecule has 1 fully saturated rings. The molecule has 0 saturated carbocycles. The number of ether oxygens (including phenoxy) is 2. The maximum atomic E-state index is 13.7. The van der Waals surface area contributed by atoms with Crippen molar-refractivity contribution in [3.05, 3.63) is 29.6 Å². The molecule has 1 aliphatic rings. The first kappa shape index (κ1) is 18.1. The van der Waals surface area contributed by atoms with Gasteiger partial charge in [0, 0.05) is 26.7 Å². The minimum absolute atomic E-state index is 0.0867. The molecule has 0 spiro atoms. The van der Waals surface area contributed by atoms with Crippen LogP contribution in [0.3, 0.4) is 0 Å². The largest absolute Gasteiger partial charge is 0.494 e. The van der Waals surface area contributed by atoms with Gasteiger partial charge in [-0.15, -0.1) is 0 Å². The second-order valence-corrected chi connectivity index (χ2v) is 7.84. The zero-order chi connectivity index (χ0) is 17.2. The molecule has 130 valence electrons. The van der Waals surface area contributed by atoms with Gasteiger partial charge < -0.3 is 9.47 Å². The Morgan fingerprint density at radius 1 is 1.35 bits per heavy atom. The van der Waals surface area contributed by atoms with Crippen molar-refractivity contribution >= 4 is 10.2 Å². The molecule has 1 aliphatic heterocycles. The zero-order valence-electron chi connectivity index (χ0n) is 13.8. The van der Waals surface area contributed by atoms with Crippen LogP contribution < -0.4 is 4.74 Å². The molecule has 0 unspecified atom stereocenters. The lowest BCUT2D eigenvalue weighted by Crippen LogP contribution is -2.52. The average Bonchev–Trinajstić information content (AvgIpc) is 2.46. The molecule has 8 heteroatoms. The number of benzene rings is 1. The van der Waals surface area contributed by atoms with Crippen molar-refractivity contribution in [1.82, 2.24) is 8.61 Å². The van der Waals surface area contributed by atoms with Crippen LogP contribution in [-0.2, 0) is 21.5 Å². The van der Waals surface area contributed by atoms with E-state index in [-0.39, 0.29) is 24.5 Å². The molecule has 2 rings (SSSR count). The summed E-state index contributed by atoms with van der Waals surface area (Å²) in [4.78, 5) is 0. The molecule has 0 amide bonds. The summed E-state index contributed by atoms with van der Waals surface area (Å²) in [5.41, 5.74) is 0.559. The van der Waals surface area contributed by atoms with E-state index in [1.807, 2.05) is 13.8 Å². The third kappa shape index (κ3) is 4.20. The van der Waals surface area contributed by atoms with Gasteiger partial charge in [-0.25, -0.2) is 4.39 Å². The van der Waals surface area contributed by atoms with Crippen LogP contribution in [-0.4, -0.2) is 56.5 Å². The van der Waals surface area contributed by atoms with Gasteiger partial charge in [0.1, 0.15) is 0 Å². The summed E-state index contributed by atoms with van der Waals surface area (Å²) < 4.78 is 52.1. The minimum atomic E-state index is -3.62. The van der Waals surface area contributed by atoms with Gasteiger partial charge in [-0.1, -0.05) is 6.07 Å². The molecule has 0 N–H and O–H groups in total. The normalized spacial score (nSPS) is 23.2. The number of hydrogen-bond acceptors (Lipinski definition) is 4. The van der Waals surface area contributed by atoms with Crippen LogP contribution in [0.25, 0.3) is 0 Å². The number of halogens is 1. The van der Waals surface area contributed by atoms with Crippen molar-refractivity contribution < 1.29 is 22.3 Å². The molecular formula is C15H23FN2O4S. The first-order valence-corrected chi connectivity index (χ1v) is 8.83. The minimum Gasteiger partial charge on any atom is -0.494 e. The Morgan fingerprint density at radius 3 is 2.48 bits per heavy atom. The first-order valence-electron chi connectivity index (χ1n) is 7.43. The monoisotopic (exact) mass is 346 g/mol.